The van der Waals surface area contributed by atoms with Crippen LogP contribution in [0.2, 0.25) is 5.02 Å². The molecule has 6 heteroatoms. The molecule has 0 saturated heterocycles. The number of hydrogen-bond acceptors (Lipinski definition) is 3. The fraction of sp³-hybridized carbons (Fsp3) is 0.304. The maximum Gasteiger partial charge on any atom is 0.311 e. The smallest absolute Gasteiger partial charge is 0.311 e. The zero-order valence-electron chi connectivity index (χ0n) is 16.1. The number of benzene rings is 2. The Kier molecular flexibility index (Phi) is 5.09. The van der Waals surface area contributed by atoms with Crippen LogP contribution >= 0.6 is 11.6 Å². The second-order valence-corrected chi connectivity index (χ2v) is 8.21. The zero-order chi connectivity index (χ0) is 20.7. The molecule has 1 fully saturated rings. The van der Waals surface area contributed by atoms with E-state index in [2.05, 4.69) is 0 Å². The molecule has 5 nitrogen and oxygen atoms in total. The molecular formula is C23H22ClNO4. The average molecular weight is 412 g/mol. The molecule has 1 heterocycles. The number of fused-ring (bicyclic) bond motifs is 1. The molecule has 1 aliphatic rings. The highest BCUT2D eigenvalue weighted by Gasteiger charge is 2.33. The molecule has 1 aromatic heterocycles. The number of carbonyl (C=O) groups is 2. The molecule has 0 radical (unpaired) electrons. The monoisotopic (exact) mass is 411 g/mol. The number of aliphatic carboxylic acids is 1. The normalized spacial score (nSPS) is 15.2. The second kappa shape index (κ2) is 7.56. The highest BCUT2D eigenvalue weighted by molar-refractivity contribution is 6.31. The summed E-state index contributed by atoms with van der Waals surface area (Å²) in [5.41, 5.74) is 2.19. The number of aromatic nitrogens is 1. The molecule has 0 aliphatic heterocycles. The van der Waals surface area contributed by atoms with E-state index >= 15 is 0 Å². The first-order valence-corrected chi connectivity index (χ1v) is 10.1. The summed E-state index contributed by atoms with van der Waals surface area (Å²) >= 11 is 6.06. The van der Waals surface area contributed by atoms with Crippen LogP contribution in [0, 0.1) is 12.8 Å². The van der Waals surface area contributed by atoms with E-state index in [9.17, 15) is 19.8 Å². The Bertz CT molecular complexity index is 1110. The molecule has 0 amide bonds. The third-order valence-electron chi connectivity index (χ3n) is 5.95. The Morgan fingerprint density at radius 2 is 1.97 bits per heavy atom. The summed E-state index contributed by atoms with van der Waals surface area (Å²) in [4.78, 5) is 25.5. The fourth-order valence-corrected chi connectivity index (χ4v) is 4.48. The van der Waals surface area contributed by atoms with E-state index in [1.54, 1.807) is 43.3 Å². The Balaban J connectivity index is 1.91. The lowest BCUT2D eigenvalue weighted by atomic mass is 9.77. The number of hydrogen-bond donors (Lipinski definition) is 2. The Labute approximate surface area is 173 Å². The molecule has 0 unspecified atom stereocenters. The molecule has 1 saturated carbocycles. The highest BCUT2D eigenvalue weighted by atomic mass is 35.5. The van der Waals surface area contributed by atoms with Crippen molar-refractivity contribution in [3.8, 4) is 5.75 Å². The number of halogens is 1. The van der Waals surface area contributed by atoms with Gasteiger partial charge in [-0.1, -0.05) is 36.9 Å². The van der Waals surface area contributed by atoms with Crippen molar-refractivity contribution >= 4 is 34.4 Å². The summed E-state index contributed by atoms with van der Waals surface area (Å²) in [6.45, 7) is 1.77. The van der Waals surface area contributed by atoms with Crippen molar-refractivity contribution < 1.29 is 19.8 Å². The second-order valence-electron chi connectivity index (χ2n) is 7.77. The largest absolute Gasteiger partial charge is 0.508 e. The Morgan fingerprint density at radius 1 is 1.21 bits per heavy atom. The van der Waals surface area contributed by atoms with Crippen LogP contribution in [0.25, 0.3) is 10.9 Å². The number of carboxylic acid groups (broad SMARTS) is 1. The standard InChI is InChI=1S/C23H22ClNO4/c1-13-21(19(23(28)29)10-14-4-2-5-14)18-12-17(26)8-9-20(18)25(13)22(27)15-6-3-7-16(24)11-15/h3,6-9,11-12,14,19,26H,2,4-5,10H2,1H3,(H,28,29)/t19-/m0/s1. The average Bonchev–Trinajstić information content (AvgIpc) is 2.91. The topological polar surface area (TPSA) is 79.5 Å². The summed E-state index contributed by atoms with van der Waals surface area (Å²) in [7, 11) is 0. The Morgan fingerprint density at radius 3 is 2.59 bits per heavy atom. The van der Waals surface area contributed by atoms with Gasteiger partial charge < -0.3 is 10.2 Å². The Hall–Kier alpha value is -2.79. The van der Waals surface area contributed by atoms with Crippen LogP contribution in [0.4, 0.5) is 0 Å². The SMILES string of the molecule is Cc1c([C@H](CC2CCC2)C(=O)O)c2cc(O)ccc2n1C(=O)c1cccc(Cl)c1. The number of phenols is 1. The van der Waals surface area contributed by atoms with Crippen molar-refractivity contribution in [2.24, 2.45) is 5.92 Å². The van der Waals surface area contributed by atoms with E-state index in [4.69, 9.17) is 11.6 Å². The summed E-state index contributed by atoms with van der Waals surface area (Å²) in [5.74, 6) is -1.48. The van der Waals surface area contributed by atoms with Crippen LogP contribution < -0.4 is 0 Å². The van der Waals surface area contributed by atoms with Gasteiger partial charge >= 0.3 is 5.97 Å². The molecule has 1 atom stereocenters. The molecule has 2 aromatic carbocycles. The number of nitrogens with zero attached hydrogens (tertiary/aromatic N) is 1. The summed E-state index contributed by atoms with van der Waals surface area (Å²) < 4.78 is 1.53. The number of carboxylic acids is 1. The van der Waals surface area contributed by atoms with Gasteiger partial charge in [0.2, 0.25) is 0 Å². The van der Waals surface area contributed by atoms with Crippen molar-refractivity contribution in [2.45, 2.75) is 38.5 Å². The number of aromatic hydroxyl groups is 1. The lowest BCUT2D eigenvalue weighted by Crippen LogP contribution is -2.21. The van der Waals surface area contributed by atoms with Crippen LogP contribution in [0.1, 0.15) is 53.2 Å². The van der Waals surface area contributed by atoms with E-state index in [-0.39, 0.29) is 11.7 Å². The molecule has 0 bridgehead atoms. The number of rotatable bonds is 5. The third-order valence-corrected chi connectivity index (χ3v) is 6.19. The van der Waals surface area contributed by atoms with Gasteiger partial charge in [0.15, 0.2) is 0 Å². The third kappa shape index (κ3) is 3.51. The van der Waals surface area contributed by atoms with Gasteiger partial charge in [0.1, 0.15) is 5.75 Å². The van der Waals surface area contributed by atoms with Gasteiger partial charge in [-0.3, -0.25) is 14.2 Å². The van der Waals surface area contributed by atoms with Gasteiger partial charge in [-0.25, -0.2) is 0 Å². The van der Waals surface area contributed by atoms with Gasteiger partial charge in [0.05, 0.1) is 11.4 Å². The molecule has 3 aromatic rings. The van der Waals surface area contributed by atoms with E-state index in [0.717, 1.165) is 19.3 Å². The zero-order valence-corrected chi connectivity index (χ0v) is 16.8. The van der Waals surface area contributed by atoms with Crippen molar-refractivity contribution in [1.29, 1.82) is 0 Å². The summed E-state index contributed by atoms with van der Waals surface area (Å²) in [5, 5.41) is 21.1. The quantitative estimate of drug-likeness (QED) is 0.592. The van der Waals surface area contributed by atoms with Crippen LogP contribution in [-0.2, 0) is 4.79 Å². The number of carbonyl (C=O) groups excluding carboxylic acids is 1. The van der Waals surface area contributed by atoms with Crippen LogP contribution in [-0.4, -0.2) is 26.7 Å². The first kappa shape index (κ1) is 19.5. The van der Waals surface area contributed by atoms with Crippen LogP contribution in [0.15, 0.2) is 42.5 Å². The highest BCUT2D eigenvalue weighted by Crippen LogP contribution is 2.41. The minimum Gasteiger partial charge on any atom is -0.508 e. The molecule has 4 rings (SSSR count). The number of phenolic OH excluding ortho intramolecular Hbond substituents is 1. The van der Waals surface area contributed by atoms with E-state index < -0.39 is 11.9 Å². The van der Waals surface area contributed by atoms with Gasteiger partial charge in [-0.05, 0) is 61.2 Å². The first-order chi connectivity index (χ1) is 13.9. The molecule has 29 heavy (non-hydrogen) atoms. The van der Waals surface area contributed by atoms with Gasteiger partial charge in [-0.15, -0.1) is 0 Å². The van der Waals surface area contributed by atoms with Gasteiger partial charge in [0, 0.05) is 21.7 Å². The van der Waals surface area contributed by atoms with E-state index in [1.807, 2.05) is 0 Å². The summed E-state index contributed by atoms with van der Waals surface area (Å²) in [6, 6.07) is 11.4. The maximum atomic E-state index is 13.3. The first-order valence-electron chi connectivity index (χ1n) is 9.74. The minimum absolute atomic E-state index is 0.0406. The van der Waals surface area contributed by atoms with Gasteiger partial charge in [-0.2, -0.15) is 0 Å². The van der Waals surface area contributed by atoms with Crippen molar-refractivity contribution in [3.05, 3.63) is 64.3 Å². The molecular weight excluding hydrogens is 390 g/mol. The molecule has 0 spiro atoms. The maximum absolute atomic E-state index is 13.3. The molecule has 2 N–H and O–H groups in total. The lowest BCUT2D eigenvalue weighted by molar-refractivity contribution is -0.139. The lowest BCUT2D eigenvalue weighted by Gasteiger charge is -2.28. The van der Waals surface area contributed by atoms with Gasteiger partial charge in [0.25, 0.3) is 5.91 Å². The van der Waals surface area contributed by atoms with Crippen molar-refractivity contribution in [3.63, 3.8) is 0 Å². The predicted molar refractivity (Wildman–Crippen MR) is 112 cm³/mol. The van der Waals surface area contributed by atoms with Crippen molar-refractivity contribution in [1.82, 2.24) is 4.57 Å². The van der Waals surface area contributed by atoms with Crippen LogP contribution in [0.5, 0.6) is 5.75 Å². The molecule has 150 valence electrons. The molecule has 1 aliphatic carbocycles. The van der Waals surface area contributed by atoms with E-state index in [0.29, 0.717) is 45.1 Å². The van der Waals surface area contributed by atoms with Crippen LogP contribution in [0.3, 0.4) is 0 Å². The minimum atomic E-state index is -0.905. The van der Waals surface area contributed by atoms with E-state index in [1.165, 1.54) is 10.6 Å². The fourth-order valence-electron chi connectivity index (χ4n) is 4.29. The summed E-state index contributed by atoms with van der Waals surface area (Å²) in [6.07, 6.45) is 3.74. The van der Waals surface area contributed by atoms with Crippen molar-refractivity contribution in [2.75, 3.05) is 0 Å². The predicted octanol–water partition coefficient (Wildman–Crippen LogP) is 5.36.